The highest BCUT2D eigenvalue weighted by Gasteiger charge is 2.53. The molecule has 12 amide bonds. The lowest BCUT2D eigenvalue weighted by atomic mass is 9.78. The van der Waals surface area contributed by atoms with Gasteiger partial charge in [-0.05, 0) is 132 Å². The normalized spacial score (nSPS) is 30.7. The van der Waals surface area contributed by atoms with E-state index < -0.39 is 179 Å². The van der Waals surface area contributed by atoms with Crippen LogP contribution in [0.4, 0.5) is 13.2 Å². The van der Waals surface area contributed by atoms with Gasteiger partial charge in [-0.3, -0.25) is 57.5 Å². The van der Waals surface area contributed by atoms with Gasteiger partial charge in [0.25, 0.3) is 0 Å². The van der Waals surface area contributed by atoms with Crippen molar-refractivity contribution >= 4 is 82.5 Å². The third kappa shape index (κ3) is 19.6. The van der Waals surface area contributed by atoms with Crippen LogP contribution in [0.3, 0.4) is 0 Å². The summed E-state index contributed by atoms with van der Waals surface area (Å²) in [6.45, 7) is 14.8. The van der Waals surface area contributed by atoms with E-state index >= 15 is 52.7 Å². The molecule has 13 atom stereocenters. The number of carbonyl (C=O) groups excluding carboxylic acids is 12. The van der Waals surface area contributed by atoms with Crippen LogP contribution in [0.1, 0.15) is 209 Å². The van der Waals surface area contributed by atoms with E-state index in [1.807, 2.05) is 20.8 Å². The molecule has 102 heavy (non-hydrogen) atoms. The van der Waals surface area contributed by atoms with Gasteiger partial charge in [-0.25, -0.2) is 0 Å². The minimum atomic E-state index is -4.51. The number of likely N-dealkylation sites (N-methyl/N-ethyl adjacent to an activating group) is 6. The summed E-state index contributed by atoms with van der Waals surface area (Å²) in [5, 5.41) is 7.66. The third-order valence-corrected chi connectivity index (χ3v) is 24.1. The number of hydrogen-bond acceptors (Lipinski definition) is 12. The maximum absolute atomic E-state index is 15.5. The standard InChI is InChI=1S/C74H120ClF3N12O12/c1-15-47(8)60-69(99)86(13)62(46(6)7)71(101)90-38-32-54(90)67(97)84(11)56(41-48-25-18-16-19-26-48)66(96)82(9)43-58(91)79-52(31-29-49-28-30-50(51(75)40-49)74(76,77)78)65(95)89-37-24-27-53(89)64(94)81-73(33-20-21-34-73)72(102)87(14)61(45(4)5)70(100)85(12)57(68(98)88-35-22-17-23-36-88)42-59(92)83(10)55(39-44(2)3)63(93)80-60/h44-57,60-62H,15-43H2,1-14H3,(H,79,91)(H,80,93)(H,81,94)/t47-,49?,50?,51?,52-,53-,54-,55-,56-,57-,60-,61-,62-/m0/s1. The number of piperidine rings is 1. The summed E-state index contributed by atoms with van der Waals surface area (Å²) in [6, 6.07) is -10.8. The lowest BCUT2D eigenvalue weighted by Gasteiger charge is -2.46. The van der Waals surface area contributed by atoms with Crippen LogP contribution < -0.4 is 16.0 Å². The number of fused-ring (bicyclic) bond motifs is 2. The Morgan fingerprint density at radius 2 is 1.18 bits per heavy atom. The summed E-state index contributed by atoms with van der Waals surface area (Å²) in [6.07, 6.45) is 4.56. The summed E-state index contributed by atoms with van der Waals surface area (Å²) in [4.78, 5) is 194. The monoisotopic (exact) mass is 1460 g/mol. The van der Waals surface area contributed by atoms with Crippen molar-refractivity contribution in [2.24, 2.45) is 41.4 Å². The number of carbonyl (C=O) groups is 12. The molecule has 0 radical (unpaired) electrons. The minimum Gasteiger partial charge on any atom is -0.343 e. The number of alkyl halides is 4. The number of halogens is 4. The zero-order chi connectivity index (χ0) is 75.6. The Bertz CT molecular complexity index is 3000. The number of nitrogens with zero attached hydrogens (tertiary/aromatic N) is 9. The van der Waals surface area contributed by atoms with Crippen LogP contribution in [0.2, 0.25) is 0 Å². The fourth-order valence-electron chi connectivity index (χ4n) is 17.1. The Kier molecular flexibility index (Phi) is 29.4. The fraction of sp³-hybridized carbons (Fsp3) is 0.838. The summed E-state index contributed by atoms with van der Waals surface area (Å²) in [5.74, 6) is -11.2. The summed E-state index contributed by atoms with van der Waals surface area (Å²) in [7, 11) is 8.75. The van der Waals surface area contributed by atoms with Gasteiger partial charge in [0, 0.05) is 73.8 Å². The Balaban J connectivity index is 1.29. The highest BCUT2D eigenvalue weighted by Crippen LogP contribution is 2.44. The van der Waals surface area contributed by atoms with E-state index in [4.69, 9.17) is 11.6 Å². The van der Waals surface area contributed by atoms with Gasteiger partial charge in [0.2, 0.25) is 70.9 Å². The highest BCUT2D eigenvalue weighted by molar-refractivity contribution is 6.21. The molecule has 4 heterocycles. The second kappa shape index (κ2) is 36.1. The second-order valence-corrected chi connectivity index (χ2v) is 32.6. The van der Waals surface area contributed by atoms with E-state index in [9.17, 15) is 18.0 Å². The molecule has 576 valence electrons. The summed E-state index contributed by atoms with van der Waals surface area (Å²) < 4.78 is 42.1. The zero-order valence-corrected chi connectivity index (χ0v) is 64.0. The predicted molar refractivity (Wildman–Crippen MR) is 379 cm³/mol. The first-order valence-corrected chi connectivity index (χ1v) is 38.5. The fourth-order valence-corrected chi connectivity index (χ4v) is 17.6. The van der Waals surface area contributed by atoms with E-state index in [2.05, 4.69) is 16.0 Å². The van der Waals surface area contributed by atoms with Crippen LogP contribution in [0, 0.1) is 41.4 Å². The molecule has 28 heteroatoms. The molecule has 24 nitrogen and oxygen atoms in total. The van der Waals surface area contributed by atoms with Crippen molar-refractivity contribution in [1.82, 2.24) is 60.0 Å². The van der Waals surface area contributed by atoms with E-state index in [0.717, 1.165) is 38.5 Å². The molecule has 1 spiro atoms. The van der Waals surface area contributed by atoms with Crippen LogP contribution in [-0.4, -0.2) is 261 Å². The maximum atomic E-state index is 15.5. The molecular formula is C74H120ClF3N12O12. The molecule has 3 aliphatic carbocycles. The van der Waals surface area contributed by atoms with Gasteiger partial charge in [0.15, 0.2) is 0 Å². The van der Waals surface area contributed by atoms with Crippen LogP contribution in [0.15, 0.2) is 0 Å². The lowest BCUT2D eigenvalue weighted by Crippen LogP contribution is -2.66. The molecule has 0 bridgehead atoms. The first-order chi connectivity index (χ1) is 48.0. The van der Waals surface area contributed by atoms with Crippen LogP contribution in [0.25, 0.3) is 0 Å². The van der Waals surface area contributed by atoms with Gasteiger partial charge in [0.05, 0.1) is 18.9 Å². The van der Waals surface area contributed by atoms with Crippen LogP contribution >= 0.6 is 11.6 Å². The number of likely N-dealkylation sites (tertiary alicyclic amines) is 1. The smallest absolute Gasteiger partial charge is 0.343 e. The predicted octanol–water partition coefficient (Wildman–Crippen LogP) is 6.73. The summed E-state index contributed by atoms with van der Waals surface area (Å²) >= 11 is 6.42. The van der Waals surface area contributed by atoms with Crippen LogP contribution in [-0.2, 0) is 57.5 Å². The van der Waals surface area contributed by atoms with E-state index in [-0.39, 0.29) is 101 Å². The van der Waals surface area contributed by atoms with Crippen molar-refractivity contribution in [2.45, 2.75) is 281 Å². The second-order valence-electron chi connectivity index (χ2n) is 32.1. The maximum Gasteiger partial charge on any atom is 0.393 e. The van der Waals surface area contributed by atoms with E-state index in [1.165, 1.54) is 81.5 Å². The summed E-state index contributed by atoms with van der Waals surface area (Å²) in [5.41, 5.74) is -1.57. The Hall–Kier alpha value is -6.28. The first kappa shape index (κ1) is 83.0. The lowest BCUT2D eigenvalue weighted by molar-refractivity contribution is -0.182. The molecule has 0 aromatic rings. The molecule has 0 aromatic heterocycles. The van der Waals surface area contributed by atoms with Gasteiger partial charge in [0.1, 0.15) is 59.9 Å². The first-order valence-electron chi connectivity index (χ1n) is 38.1. The quantitative estimate of drug-likeness (QED) is 0.172. The molecule has 3 unspecified atom stereocenters. The molecule has 7 fully saturated rings. The average Bonchev–Trinajstić information content (AvgIpc) is 0.982. The molecule has 4 saturated heterocycles. The minimum absolute atomic E-state index is 0.000332. The molecule has 0 aromatic carbocycles. The largest absolute Gasteiger partial charge is 0.393 e. The zero-order valence-electron chi connectivity index (χ0n) is 63.3. The van der Waals surface area contributed by atoms with E-state index in [1.54, 1.807) is 39.5 Å². The van der Waals surface area contributed by atoms with Gasteiger partial charge in [-0.15, -0.1) is 11.6 Å². The number of nitrogens with one attached hydrogen (secondary N) is 3. The van der Waals surface area contributed by atoms with Crippen molar-refractivity contribution < 1.29 is 70.7 Å². The molecule has 3 N–H and O–H groups in total. The number of rotatable bonds is 12. The van der Waals surface area contributed by atoms with E-state index in [0.29, 0.717) is 51.6 Å². The average molecular weight is 1460 g/mol. The van der Waals surface area contributed by atoms with Gasteiger partial charge in [-0.2, -0.15) is 13.2 Å². The van der Waals surface area contributed by atoms with Gasteiger partial charge < -0.3 is 60.0 Å². The van der Waals surface area contributed by atoms with Gasteiger partial charge in [-0.1, -0.05) is 107 Å². The topological polar surface area (TPSA) is 270 Å². The Morgan fingerprint density at radius 1 is 0.569 bits per heavy atom. The van der Waals surface area contributed by atoms with Crippen molar-refractivity contribution in [3.63, 3.8) is 0 Å². The van der Waals surface area contributed by atoms with Crippen molar-refractivity contribution in [3.05, 3.63) is 0 Å². The van der Waals surface area contributed by atoms with Crippen molar-refractivity contribution in [2.75, 3.05) is 75.0 Å². The third-order valence-electron chi connectivity index (χ3n) is 23.6. The number of amides is 12. The van der Waals surface area contributed by atoms with Crippen molar-refractivity contribution in [1.29, 1.82) is 0 Å². The Labute approximate surface area is 608 Å². The molecule has 4 aliphatic heterocycles. The van der Waals surface area contributed by atoms with Gasteiger partial charge >= 0.3 is 6.18 Å². The molecular weight excluding hydrogens is 1340 g/mol. The molecule has 7 rings (SSSR count). The SMILES string of the molecule is CC[C@H](C)[C@@H]1NC(=O)[C@H](CC(C)C)N(C)C(=O)C[C@@H](C(=O)N2CCCCC2)N(C)C(=O)[C@H](C(C)C)N(C)C(=O)C2(CCCC2)NC(=O)[C@@H]2CCCN2C(=O)[C@H](CCC2CCC(C(F)(F)F)C(Cl)C2)NC(=O)CN(C)C(=O)[C@H](CC2CCCCC2)N(C)C(=O)[C@@H]2CCN2C(=O)[C@H](C(C)C)N(C)C1=O. The van der Waals surface area contributed by atoms with Crippen molar-refractivity contribution in [3.8, 4) is 0 Å². The van der Waals surface area contributed by atoms with Crippen LogP contribution in [0.5, 0.6) is 0 Å². The molecule has 7 aliphatic rings. The highest BCUT2D eigenvalue weighted by atomic mass is 35.5. The number of hydrogen-bond donors (Lipinski definition) is 3. The molecule has 3 saturated carbocycles. The Morgan fingerprint density at radius 3 is 1.75 bits per heavy atom.